The average Bonchev–Trinajstić information content (AvgIpc) is 2.46. The first-order chi connectivity index (χ1) is 9.35. The van der Waals surface area contributed by atoms with Crippen LogP contribution in [0.5, 0.6) is 0 Å². The maximum absolute atomic E-state index is 4.71. The lowest BCUT2D eigenvalue weighted by Crippen LogP contribution is -2.25. The van der Waals surface area contributed by atoms with Crippen molar-refractivity contribution in [2.75, 3.05) is 6.54 Å². The van der Waals surface area contributed by atoms with Crippen LogP contribution in [0.15, 0.2) is 48.0 Å². The lowest BCUT2D eigenvalue weighted by atomic mass is 9.73. The number of hydrogen-bond donors (Lipinski definition) is 0. The van der Waals surface area contributed by atoms with Crippen molar-refractivity contribution in [2.24, 2.45) is 10.4 Å². The summed E-state index contributed by atoms with van der Waals surface area (Å²) in [5.74, 6) is 0. The molecule has 1 heteroatoms. The van der Waals surface area contributed by atoms with Crippen LogP contribution in [0.1, 0.15) is 44.1 Å². The van der Waals surface area contributed by atoms with Crippen molar-refractivity contribution in [3.63, 3.8) is 0 Å². The SMILES string of the molecule is C=CCC1(C=NCCc2ccccc2)CCCCC1. The highest BCUT2D eigenvalue weighted by Crippen LogP contribution is 2.37. The van der Waals surface area contributed by atoms with Crippen LogP contribution in [0.25, 0.3) is 0 Å². The first-order valence-electron chi connectivity index (χ1n) is 7.50. The molecule has 1 fully saturated rings. The number of hydrogen-bond acceptors (Lipinski definition) is 1. The van der Waals surface area contributed by atoms with Gasteiger partial charge < -0.3 is 0 Å². The monoisotopic (exact) mass is 255 g/mol. The summed E-state index contributed by atoms with van der Waals surface area (Å²) in [5.41, 5.74) is 1.69. The van der Waals surface area contributed by atoms with Gasteiger partial charge in [0.05, 0.1) is 0 Å². The lowest BCUT2D eigenvalue weighted by Gasteiger charge is -2.32. The molecular formula is C18H25N. The Hall–Kier alpha value is -1.37. The van der Waals surface area contributed by atoms with Crippen LogP contribution in [0.3, 0.4) is 0 Å². The second kappa shape index (κ2) is 7.28. The van der Waals surface area contributed by atoms with E-state index >= 15 is 0 Å². The van der Waals surface area contributed by atoms with Gasteiger partial charge in [0.2, 0.25) is 0 Å². The van der Waals surface area contributed by atoms with Crippen molar-refractivity contribution in [2.45, 2.75) is 44.9 Å². The summed E-state index contributed by atoms with van der Waals surface area (Å²) in [7, 11) is 0. The summed E-state index contributed by atoms with van der Waals surface area (Å²) in [6, 6.07) is 10.6. The van der Waals surface area contributed by atoms with Gasteiger partial charge in [-0.25, -0.2) is 0 Å². The van der Waals surface area contributed by atoms with E-state index in [-0.39, 0.29) is 0 Å². The van der Waals surface area contributed by atoms with Gasteiger partial charge in [-0.05, 0) is 31.2 Å². The minimum atomic E-state index is 0.316. The molecule has 1 nitrogen and oxygen atoms in total. The summed E-state index contributed by atoms with van der Waals surface area (Å²) < 4.78 is 0. The van der Waals surface area contributed by atoms with Gasteiger partial charge in [0.25, 0.3) is 0 Å². The molecule has 0 N–H and O–H groups in total. The van der Waals surface area contributed by atoms with Crippen molar-refractivity contribution in [3.05, 3.63) is 48.6 Å². The van der Waals surface area contributed by atoms with Crippen LogP contribution < -0.4 is 0 Å². The Labute approximate surface area is 117 Å². The molecule has 0 saturated heterocycles. The number of aliphatic imine (C=N–C) groups is 1. The zero-order valence-corrected chi connectivity index (χ0v) is 11.9. The zero-order chi connectivity index (χ0) is 13.4. The van der Waals surface area contributed by atoms with Crippen LogP contribution >= 0.6 is 0 Å². The molecule has 102 valence electrons. The first kappa shape index (κ1) is 14.0. The number of rotatable bonds is 6. The molecule has 1 aromatic rings. The van der Waals surface area contributed by atoms with Crippen molar-refractivity contribution < 1.29 is 0 Å². The topological polar surface area (TPSA) is 12.4 Å². The van der Waals surface area contributed by atoms with E-state index in [2.05, 4.69) is 49.2 Å². The van der Waals surface area contributed by atoms with Crippen molar-refractivity contribution in [1.29, 1.82) is 0 Å². The second-order valence-corrected chi connectivity index (χ2v) is 5.69. The Balaban J connectivity index is 1.86. The third-order valence-electron chi connectivity index (χ3n) is 4.14. The van der Waals surface area contributed by atoms with Crippen LogP contribution in [0.2, 0.25) is 0 Å². The number of nitrogens with zero attached hydrogens (tertiary/aromatic N) is 1. The van der Waals surface area contributed by atoms with Crippen LogP contribution in [0, 0.1) is 5.41 Å². The van der Waals surface area contributed by atoms with E-state index in [1.807, 2.05) is 0 Å². The molecule has 0 atom stereocenters. The number of allylic oxidation sites excluding steroid dienone is 1. The highest BCUT2D eigenvalue weighted by Gasteiger charge is 2.28. The van der Waals surface area contributed by atoms with E-state index < -0.39 is 0 Å². The first-order valence-corrected chi connectivity index (χ1v) is 7.50. The predicted octanol–water partition coefficient (Wildman–Crippen LogP) is 4.83. The molecule has 1 aliphatic carbocycles. The van der Waals surface area contributed by atoms with Gasteiger partial charge >= 0.3 is 0 Å². The van der Waals surface area contributed by atoms with Crippen molar-refractivity contribution in [3.8, 4) is 0 Å². The standard InChI is InChI=1S/C18H25N/c1-2-12-18(13-7-4-8-14-18)16-19-15-11-17-9-5-3-6-10-17/h2-3,5-6,9-10,16H,1,4,7-8,11-15H2. The summed E-state index contributed by atoms with van der Waals surface area (Å²) in [4.78, 5) is 4.71. The maximum Gasteiger partial charge on any atom is 0.0426 e. The van der Waals surface area contributed by atoms with E-state index in [0.29, 0.717) is 5.41 Å². The molecule has 19 heavy (non-hydrogen) atoms. The molecule has 1 aliphatic rings. The van der Waals surface area contributed by atoms with Crippen LogP contribution in [-0.2, 0) is 6.42 Å². The lowest BCUT2D eigenvalue weighted by molar-refractivity contribution is 0.293. The van der Waals surface area contributed by atoms with Crippen LogP contribution in [0.4, 0.5) is 0 Å². The average molecular weight is 255 g/mol. The molecule has 0 aliphatic heterocycles. The Kier molecular flexibility index (Phi) is 5.38. The molecule has 0 amide bonds. The minimum Gasteiger partial charge on any atom is -0.297 e. The summed E-state index contributed by atoms with van der Waals surface area (Å²) in [5, 5.41) is 0. The van der Waals surface area contributed by atoms with Crippen molar-refractivity contribution >= 4 is 6.21 Å². The number of benzene rings is 1. The molecule has 1 saturated carbocycles. The Bertz CT molecular complexity index is 399. The highest BCUT2D eigenvalue weighted by molar-refractivity contribution is 5.66. The molecule has 2 rings (SSSR count). The van der Waals surface area contributed by atoms with E-state index in [1.54, 1.807) is 0 Å². The largest absolute Gasteiger partial charge is 0.297 e. The Morgan fingerprint density at radius 2 is 1.84 bits per heavy atom. The third kappa shape index (κ3) is 4.34. The minimum absolute atomic E-state index is 0.316. The third-order valence-corrected chi connectivity index (χ3v) is 4.14. The molecule has 1 aromatic carbocycles. The fraction of sp³-hybridized carbons (Fsp3) is 0.500. The van der Waals surface area contributed by atoms with E-state index in [0.717, 1.165) is 19.4 Å². The van der Waals surface area contributed by atoms with Crippen molar-refractivity contribution in [1.82, 2.24) is 0 Å². The van der Waals surface area contributed by atoms with Gasteiger partial charge in [-0.3, -0.25) is 4.99 Å². The molecule has 0 bridgehead atoms. The van der Waals surface area contributed by atoms with E-state index in [1.165, 1.54) is 37.7 Å². The second-order valence-electron chi connectivity index (χ2n) is 5.69. The fourth-order valence-corrected chi connectivity index (χ4v) is 3.03. The van der Waals surface area contributed by atoms with Gasteiger partial charge in [0.15, 0.2) is 0 Å². The van der Waals surface area contributed by atoms with Crippen LogP contribution in [-0.4, -0.2) is 12.8 Å². The molecule has 0 unspecified atom stereocenters. The highest BCUT2D eigenvalue weighted by atomic mass is 14.7. The molecule has 0 aromatic heterocycles. The smallest absolute Gasteiger partial charge is 0.0426 e. The Morgan fingerprint density at radius 3 is 2.53 bits per heavy atom. The fourth-order valence-electron chi connectivity index (χ4n) is 3.03. The van der Waals surface area contributed by atoms with Gasteiger partial charge in [-0.1, -0.05) is 55.7 Å². The Morgan fingerprint density at radius 1 is 1.11 bits per heavy atom. The van der Waals surface area contributed by atoms with Gasteiger partial charge in [0, 0.05) is 18.2 Å². The summed E-state index contributed by atoms with van der Waals surface area (Å²) >= 11 is 0. The zero-order valence-electron chi connectivity index (χ0n) is 11.9. The maximum atomic E-state index is 4.71. The molecule has 0 radical (unpaired) electrons. The normalized spacial score (nSPS) is 18.5. The van der Waals surface area contributed by atoms with Gasteiger partial charge in [0.1, 0.15) is 0 Å². The van der Waals surface area contributed by atoms with E-state index in [4.69, 9.17) is 4.99 Å². The quantitative estimate of drug-likeness (QED) is 0.510. The summed E-state index contributed by atoms with van der Waals surface area (Å²) in [6.45, 7) is 4.82. The van der Waals surface area contributed by atoms with E-state index in [9.17, 15) is 0 Å². The summed E-state index contributed by atoms with van der Waals surface area (Å²) in [6.07, 6.45) is 13.1. The molecule has 0 heterocycles. The molecule has 0 spiro atoms. The molecular weight excluding hydrogens is 230 g/mol. The van der Waals surface area contributed by atoms with Gasteiger partial charge in [-0.2, -0.15) is 0 Å². The predicted molar refractivity (Wildman–Crippen MR) is 83.8 cm³/mol. The van der Waals surface area contributed by atoms with Gasteiger partial charge in [-0.15, -0.1) is 6.58 Å².